The maximum Gasteiger partial charge on any atom is 0.220 e. The van der Waals surface area contributed by atoms with Crippen LogP contribution in [0.15, 0.2) is 42.5 Å². The first-order chi connectivity index (χ1) is 10.5. The van der Waals surface area contributed by atoms with E-state index >= 15 is 0 Å². The molecule has 1 atom stereocenters. The molecule has 22 heavy (non-hydrogen) atoms. The summed E-state index contributed by atoms with van der Waals surface area (Å²) in [6.07, 6.45) is 0. The molecule has 4 heteroatoms. The Labute approximate surface area is 130 Å². The molecular weight excluding hydrogens is 273 g/mol. The minimum Gasteiger partial charge on any atom is -0.481 e. The zero-order valence-electron chi connectivity index (χ0n) is 12.4. The van der Waals surface area contributed by atoms with Gasteiger partial charge in [-0.1, -0.05) is 41.9 Å². The van der Waals surface area contributed by atoms with Crippen LogP contribution < -0.4 is 10.2 Å². The number of hydrogen-bond acceptors (Lipinski definition) is 3. The smallest absolute Gasteiger partial charge is 0.220 e. The highest BCUT2D eigenvalue weighted by Gasteiger charge is 2.41. The van der Waals surface area contributed by atoms with Crippen molar-refractivity contribution in [1.82, 2.24) is 4.98 Å². The fourth-order valence-corrected chi connectivity index (χ4v) is 3.40. The Morgan fingerprint density at radius 3 is 2.73 bits per heavy atom. The number of methoxy groups -OCH3 is 1. The van der Waals surface area contributed by atoms with Crippen LogP contribution in [0.5, 0.6) is 5.88 Å². The third-order valence-corrected chi connectivity index (χ3v) is 4.38. The van der Waals surface area contributed by atoms with E-state index in [9.17, 15) is 5.11 Å². The van der Waals surface area contributed by atoms with Crippen molar-refractivity contribution in [3.05, 3.63) is 53.6 Å². The second kappa shape index (κ2) is 4.34. The van der Waals surface area contributed by atoms with Crippen LogP contribution in [0.1, 0.15) is 18.1 Å². The fourth-order valence-electron chi connectivity index (χ4n) is 3.40. The molecule has 1 unspecified atom stereocenters. The number of hydrogen-bond donors (Lipinski definition) is 1. The minimum atomic E-state index is -1.14. The quantitative estimate of drug-likeness (QED) is 0.698. The minimum absolute atomic E-state index is 0.452. The number of nitrogens with zero attached hydrogens (tertiary/aromatic N) is 1. The second-order valence-corrected chi connectivity index (χ2v) is 5.77. The van der Waals surface area contributed by atoms with Crippen LogP contribution in [0, 0.1) is 0 Å². The Hall–Kier alpha value is -2.33. The molecule has 1 aliphatic rings. The summed E-state index contributed by atoms with van der Waals surface area (Å²) in [4.78, 5) is 4.55. The highest BCUT2D eigenvalue weighted by Crippen LogP contribution is 2.52. The van der Waals surface area contributed by atoms with Crippen LogP contribution in [0.3, 0.4) is 0 Å². The van der Waals surface area contributed by atoms with Crippen molar-refractivity contribution in [3.63, 3.8) is 0 Å². The maximum atomic E-state index is 11.1. The standard InChI is InChI=1S/C18H14BNO2/c1-18(21)13-6-4-3-5-11(13)15-12-9-10(19)7-8-14(12)20-17(22-2)16(15)18/h3-9,21H,1-2H3. The van der Waals surface area contributed by atoms with E-state index in [2.05, 4.69) is 4.98 Å². The first-order valence-electron chi connectivity index (χ1n) is 7.14. The number of fused-ring (bicyclic) bond motifs is 5. The van der Waals surface area contributed by atoms with Gasteiger partial charge < -0.3 is 9.84 Å². The molecule has 3 aromatic rings. The van der Waals surface area contributed by atoms with Gasteiger partial charge in [-0.3, -0.25) is 0 Å². The Kier molecular flexibility index (Phi) is 2.63. The molecule has 0 saturated carbocycles. The molecule has 1 aromatic heterocycles. The van der Waals surface area contributed by atoms with E-state index in [1.54, 1.807) is 14.0 Å². The topological polar surface area (TPSA) is 42.4 Å². The molecule has 2 aromatic carbocycles. The molecule has 1 aliphatic carbocycles. The van der Waals surface area contributed by atoms with Crippen molar-refractivity contribution in [2.24, 2.45) is 0 Å². The van der Waals surface area contributed by atoms with Gasteiger partial charge >= 0.3 is 0 Å². The number of rotatable bonds is 1. The summed E-state index contributed by atoms with van der Waals surface area (Å²) < 4.78 is 5.46. The SMILES string of the molecule is [B]c1ccc2nc(OC)c3c(c2c1)-c1ccccc1C3(C)O. The Morgan fingerprint density at radius 2 is 1.95 bits per heavy atom. The highest BCUT2D eigenvalue weighted by atomic mass is 16.5. The highest BCUT2D eigenvalue weighted by molar-refractivity contribution is 6.33. The lowest BCUT2D eigenvalue weighted by atomic mass is 9.91. The number of aliphatic hydroxyl groups is 1. The van der Waals surface area contributed by atoms with Crippen molar-refractivity contribution in [2.75, 3.05) is 7.11 Å². The first kappa shape index (κ1) is 13.3. The molecule has 0 aliphatic heterocycles. The lowest BCUT2D eigenvalue weighted by Gasteiger charge is -2.21. The first-order valence-corrected chi connectivity index (χ1v) is 7.14. The normalized spacial score (nSPS) is 19.0. The van der Waals surface area contributed by atoms with Gasteiger partial charge in [0.1, 0.15) is 13.4 Å². The predicted octanol–water partition coefficient (Wildman–Crippen LogP) is 2.27. The largest absolute Gasteiger partial charge is 0.481 e. The molecule has 0 bridgehead atoms. The molecule has 106 valence electrons. The van der Waals surface area contributed by atoms with Gasteiger partial charge in [0.15, 0.2) is 0 Å². The van der Waals surface area contributed by atoms with Gasteiger partial charge in [0.2, 0.25) is 5.88 Å². The fraction of sp³-hybridized carbons (Fsp3) is 0.167. The number of pyridine rings is 1. The molecule has 3 nitrogen and oxygen atoms in total. The van der Waals surface area contributed by atoms with E-state index < -0.39 is 5.60 Å². The van der Waals surface area contributed by atoms with Crippen LogP contribution in [0.2, 0.25) is 0 Å². The zero-order valence-corrected chi connectivity index (χ0v) is 12.4. The van der Waals surface area contributed by atoms with E-state index in [0.717, 1.165) is 27.6 Å². The van der Waals surface area contributed by atoms with Gasteiger partial charge in [-0.15, -0.1) is 0 Å². The summed E-state index contributed by atoms with van der Waals surface area (Å²) in [5.74, 6) is 0.452. The summed E-state index contributed by atoms with van der Waals surface area (Å²) in [6.45, 7) is 1.78. The number of benzene rings is 2. The van der Waals surface area contributed by atoms with Crippen molar-refractivity contribution in [1.29, 1.82) is 0 Å². The summed E-state index contributed by atoms with van der Waals surface area (Å²) in [7, 11) is 7.53. The van der Waals surface area contributed by atoms with E-state index in [-0.39, 0.29) is 0 Å². The lowest BCUT2D eigenvalue weighted by Crippen LogP contribution is -2.20. The zero-order chi connectivity index (χ0) is 15.5. The van der Waals surface area contributed by atoms with Crippen molar-refractivity contribution >= 4 is 24.2 Å². The molecule has 4 rings (SSSR count). The monoisotopic (exact) mass is 287 g/mol. The third kappa shape index (κ3) is 1.59. The van der Waals surface area contributed by atoms with Gasteiger partial charge in [-0.2, -0.15) is 0 Å². The molecule has 0 spiro atoms. The summed E-state index contributed by atoms with van der Waals surface area (Å²) >= 11 is 0. The van der Waals surface area contributed by atoms with Crippen LogP contribution in [0.25, 0.3) is 22.0 Å². The second-order valence-electron chi connectivity index (χ2n) is 5.77. The Morgan fingerprint density at radius 1 is 1.18 bits per heavy atom. The van der Waals surface area contributed by atoms with Gasteiger partial charge in [0.25, 0.3) is 0 Å². The Bertz CT molecular complexity index is 918. The van der Waals surface area contributed by atoms with Crippen molar-refractivity contribution in [2.45, 2.75) is 12.5 Å². The van der Waals surface area contributed by atoms with Gasteiger partial charge in [0.05, 0.1) is 18.2 Å². The molecular formula is C18H14BNO2. The molecule has 2 radical (unpaired) electrons. The molecule has 0 amide bonds. The maximum absolute atomic E-state index is 11.1. The molecule has 1 N–H and O–H groups in total. The molecule has 0 saturated heterocycles. The predicted molar refractivity (Wildman–Crippen MR) is 87.8 cm³/mol. The van der Waals surface area contributed by atoms with Gasteiger partial charge in [-0.25, -0.2) is 4.98 Å². The van der Waals surface area contributed by atoms with E-state index in [1.807, 2.05) is 42.5 Å². The van der Waals surface area contributed by atoms with Crippen molar-refractivity contribution in [3.8, 4) is 17.0 Å². The number of ether oxygens (including phenoxy) is 1. The Balaban J connectivity index is 2.24. The third-order valence-electron chi connectivity index (χ3n) is 4.38. The number of aromatic nitrogens is 1. The molecule has 0 fully saturated rings. The van der Waals surface area contributed by atoms with E-state index in [0.29, 0.717) is 16.9 Å². The summed E-state index contributed by atoms with van der Waals surface area (Å²) in [5.41, 5.74) is 3.86. The average molecular weight is 287 g/mol. The van der Waals surface area contributed by atoms with Crippen LogP contribution >= 0.6 is 0 Å². The van der Waals surface area contributed by atoms with E-state index in [4.69, 9.17) is 12.6 Å². The van der Waals surface area contributed by atoms with Crippen LogP contribution in [-0.2, 0) is 5.60 Å². The molecule has 1 heterocycles. The van der Waals surface area contributed by atoms with Crippen LogP contribution in [-0.4, -0.2) is 25.0 Å². The van der Waals surface area contributed by atoms with Gasteiger partial charge in [0, 0.05) is 10.9 Å². The van der Waals surface area contributed by atoms with Crippen molar-refractivity contribution < 1.29 is 9.84 Å². The van der Waals surface area contributed by atoms with Crippen LogP contribution in [0.4, 0.5) is 0 Å². The van der Waals surface area contributed by atoms with E-state index in [1.165, 1.54) is 0 Å². The summed E-state index contributed by atoms with van der Waals surface area (Å²) in [5, 5.41) is 12.0. The summed E-state index contributed by atoms with van der Waals surface area (Å²) in [6, 6.07) is 13.4. The average Bonchev–Trinajstić information content (AvgIpc) is 2.76. The lowest BCUT2D eigenvalue weighted by molar-refractivity contribution is 0.103. The van der Waals surface area contributed by atoms with Gasteiger partial charge in [-0.05, 0) is 24.1 Å².